The van der Waals surface area contributed by atoms with E-state index in [-0.39, 0.29) is 0 Å². The third kappa shape index (κ3) is 9.61. The monoisotopic (exact) mass is 438 g/mol. The molecule has 182 valence electrons. The van der Waals surface area contributed by atoms with E-state index in [9.17, 15) is 0 Å². The summed E-state index contributed by atoms with van der Waals surface area (Å²) in [7, 11) is 0. The molecule has 1 aromatic rings. The molecule has 2 aliphatic carbocycles. The van der Waals surface area contributed by atoms with Crippen molar-refractivity contribution in [3.63, 3.8) is 0 Å². The largest absolute Gasteiger partial charge is 0.0654 e. The summed E-state index contributed by atoms with van der Waals surface area (Å²) >= 11 is 0. The van der Waals surface area contributed by atoms with Gasteiger partial charge in [-0.05, 0) is 60.5 Å². The molecular formula is C32H54. The molecule has 0 aliphatic heterocycles. The first-order chi connectivity index (χ1) is 15.8. The average molecular weight is 439 g/mol. The molecule has 2 fully saturated rings. The van der Waals surface area contributed by atoms with E-state index in [1.807, 2.05) is 0 Å². The molecule has 0 radical (unpaired) electrons. The Balaban J connectivity index is 1.25. The molecule has 0 bridgehead atoms. The van der Waals surface area contributed by atoms with Crippen LogP contribution < -0.4 is 0 Å². The van der Waals surface area contributed by atoms with Crippen LogP contribution in [0.1, 0.15) is 141 Å². The molecule has 0 N–H and O–H groups in total. The minimum atomic E-state index is 0.994. The molecule has 0 heteroatoms. The highest BCUT2D eigenvalue weighted by molar-refractivity contribution is 5.22. The normalized spacial score (nSPS) is 26.3. The molecule has 0 heterocycles. The number of benzene rings is 1. The van der Waals surface area contributed by atoms with Gasteiger partial charge in [0, 0.05) is 0 Å². The molecular weight excluding hydrogens is 384 g/mol. The zero-order chi connectivity index (χ0) is 22.4. The van der Waals surface area contributed by atoms with Crippen LogP contribution >= 0.6 is 0 Å². The number of aryl methyl sites for hydroxylation is 2. The first kappa shape index (κ1) is 25.8. The SMILES string of the molecule is CCCCCCC[C@H]1CC[C@H](CCc2ccc(CC[C@H]3CC[C@H](CCC)CC3)cc2)CC1. The zero-order valence-corrected chi connectivity index (χ0v) is 21.8. The third-order valence-corrected chi connectivity index (χ3v) is 9.05. The highest BCUT2D eigenvalue weighted by atomic mass is 14.3. The van der Waals surface area contributed by atoms with Crippen LogP contribution in [0.5, 0.6) is 0 Å². The van der Waals surface area contributed by atoms with Crippen molar-refractivity contribution >= 4 is 0 Å². The van der Waals surface area contributed by atoms with Crippen LogP contribution in [0.4, 0.5) is 0 Å². The van der Waals surface area contributed by atoms with Crippen LogP contribution in [0.25, 0.3) is 0 Å². The number of rotatable bonds is 14. The predicted octanol–water partition coefficient (Wildman–Crippen LogP) is 10.3. The second-order valence-corrected chi connectivity index (χ2v) is 11.7. The Kier molecular flexibility index (Phi) is 12.3. The predicted molar refractivity (Wildman–Crippen MR) is 142 cm³/mol. The van der Waals surface area contributed by atoms with Gasteiger partial charge in [0.1, 0.15) is 0 Å². The second-order valence-electron chi connectivity index (χ2n) is 11.7. The number of hydrogen-bond acceptors (Lipinski definition) is 0. The lowest BCUT2D eigenvalue weighted by molar-refractivity contribution is 0.248. The molecule has 0 saturated heterocycles. The van der Waals surface area contributed by atoms with E-state index in [4.69, 9.17) is 0 Å². The van der Waals surface area contributed by atoms with E-state index in [2.05, 4.69) is 38.1 Å². The molecule has 0 amide bonds. The Labute approximate surface area is 201 Å². The van der Waals surface area contributed by atoms with Gasteiger partial charge in [0.15, 0.2) is 0 Å². The van der Waals surface area contributed by atoms with Crippen molar-refractivity contribution in [2.75, 3.05) is 0 Å². The lowest BCUT2D eigenvalue weighted by atomic mass is 9.77. The van der Waals surface area contributed by atoms with Crippen molar-refractivity contribution in [3.8, 4) is 0 Å². The van der Waals surface area contributed by atoms with Gasteiger partial charge in [-0.2, -0.15) is 0 Å². The van der Waals surface area contributed by atoms with E-state index in [1.54, 1.807) is 11.1 Å². The summed E-state index contributed by atoms with van der Waals surface area (Å²) in [6.07, 6.45) is 29.0. The van der Waals surface area contributed by atoms with E-state index in [0.29, 0.717) is 0 Å². The van der Waals surface area contributed by atoms with Crippen LogP contribution in [-0.4, -0.2) is 0 Å². The van der Waals surface area contributed by atoms with Gasteiger partial charge in [-0.1, -0.05) is 141 Å². The van der Waals surface area contributed by atoms with Crippen LogP contribution in [0.15, 0.2) is 24.3 Å². The van der Waals surface area contributed by atoms with E-state index < -0.39 is 0 Å². The molecule has 0 nitrogen and oxygen atoms in total. The summed E-state index contributed by atoms with van der Waals surface area (Å²) in [5.74, 6) is 4.08. The Hall–Kier alpha value is -0.780. The second kappa shape index (κ2) is 15.2. The summed E-state index contributed by atoms with van der Waals surface area (Å²) in [4.78, 5) is 0. The molecule has 0 unspecified atom stereocenters. The first-order valence-electron chi connectivity index (χ1n) is 14.8. The van der Waals surface area contributed by atoms with Crippen molar-refractivity contribution in [1.82, 2.24) is 0 Å². The topological polar surface area (TPSA) is 0 Å². The maximum atomic E-state index is 2.44. The van der Waals surface area contributed by atoms with Crippen molar-refractivity contribution in [1.29, 1.82) is 0 Å². The van der Waals surface area contributed by atoms with Gasteiger partial charge in [-0.3, -0.25) is 0 Å². The van der Waals surface area contributed by atoms with Crippen molar-refractivity contribution in [2.24, 2.45) is 23.7 Å². The van der Waals surface area contributed by atoms with E-state index >= 15 is 0 Å². The van der Waals surface area contributed by atoms with Gasteiger partial charge >= 0.3 is 0 Å². The number of unbranched alkanes of at least 4 members (excludes halogenated alkanes) is 4. The number of hydrogen-bond donors (Lipinski definition) is 0. The lowest BCUT2D eigenvalue weighted by Crippen LogP contribution is -2.15. The Morgan fingerprint density at radius 3 is 1.31 bits per heavy atom. The quantitative estimate of drug-likeness (QED) is 0.253. The maximum absolute atomic E-state index is 2.44. The van der Waals surface area contributed by atoms with Crippen LogP contribution in [0.2, 0.25) is 0 Å². The van der Waals surface area contributed by atoms with Crippen LogP contribution in [0, 0.1) is 23.7 Å². The van der Waals surface area contributed by atoms with Crippen molar-refractivity contribution < 1.29 is 0 Å². The van der Waals surface area contributed by atoms with E-state index in [1.165, 1.54) is 128 Å². The molecule has 0 spiro atoms. The molecule has 1 aromatic carbocycles. The Bertz CT molecular complexity index is 569. The Morgan fingerprint density at radius 1 is 0.469 bits per heavy atom. The van der Waals surface area contributed by atoms with Crippen LogP contribution in [-0.2, 0) is 12.8 Å². The third-order valence-electron chi connectivity index (χ3n) is 9.05. The molecule has 0 aromatic heterocycles. The molecule has 0 atom stereocenters. The van der Waals surface area contributed by atoms with Gasteiger partial charge in [-0.25, -0.2) is 0 Å². The minimum Gasteiger partial charge on any atom is -0.0654 e. The first-order valence-corrected chi connectivity index (χ1v) is 14.8. The average Bonchev–Trinajstić information content (AvgIpc) is 2.84. The molecule has 32 heavy (non-hydrogen) atoms. The summed E-state index contributed by atoms with van der Waals surface area (Å²) < 4.78 is 0. The standard InChI is InChI=1S/C32H54/c1-3-5-6-7-8-10-28-13-17-30(18-14-28)20-22-32-25-23-31(24-26-32)21-19-29-15-11-27(9-4-2)12-16-29/h23-30H,3-22H2,1-2H3/t27-,28-,29-,30-. The highest BCUT2D eigenvalue weighted by Crippen LogP contribution is 2.35. The van der Waals surface area contributed by atoms with Gasteiger partial charge in [-0.15, -0.1) is 0 Å². The van der Waals surface area contributed by atoms with Gasteiger partial charge in [0.05, 0.1) is 0 Å². The smallest absolute Gasteiger partial charge is 0.0276 e. The summed E-state index contributed by atoms with van der Waals surface area (Å²) in [5, 5.41) is 0. The zero-order valence-electron chi connectivity index (χ0n) is 21.8. The fraction of sp³-hybridized carbons (Fsp3) is 0.812. The Morgan fingerprint density at radius 2 is 0.875 bits per heavy atom. The van der Waals surface area contributed by atoms with Gasteiger partial charge in [0.25, 0.3) is 0 Å². The van der Waals surface area contributed by atoms with Gasteiger partial charge < -0.3 is 0 Å². The maximum Gasteiger partial charge on any atom is -0.0276 e. The molecule has 2 aliphatic rings. The fourth-order valence-corrected chi connectivity index (χ4v) is 6.68. The molecule has 3 rings (SSSR count). The lowest BCUT2D eigenvalue weighted by Gasteiger charge is -2.28. The van der Waals surface area contributed by atoms with Crippen LogP contribution in [0.3, 0.4) is 0 Å². The summed E-state index contributed by atoms with van der Waals surface area (Å²) in [6.45, 7) is 4.66. The molecule has 2 saturated carbocycles. The van der Waals surface area contributed by atoms with Crippen molar-refractivity contribution in [2.45, 2.75) is 142 Å². The minimum absolute atomic E-state index is 0.994. The van der Waals surface area contributed by atoms with E-state index in [0.717, 1.165) is 23.7 Å². The van der Waals surface area contributed by atoms with Gasteiger partial charge in [0.2, 0.25) is 0 Å². The fourth-order valence-electron chi connectivity index (χ4n) is 6.68. The summed E-state index contributed by atoms with van der Waals surface area (Å²) in [6, 6.07) is 9.76. The highest BCUT2D eigenvalue weighted by Gasteiger charge is 2.21. The summed E-state index contributed by atoms with van der Waals surface area (Å²) in [5.41, 5.74) is 3.15. The van der Waals surface area contributed by atoms with Crippen molar-refractivity contribution in [3.05, 3.63) is 35.4 Å².